The monoisotopic (exact) mass is 407 g/mol. The number of hydrogen-bond donors (Lipinski definition) is 0. The van der Waals surface area contributed by atoms with Crippen molar-refractivity contribution in [2.24, 2.45) is 0 Å². The molecule has 30 heavy (non-hydrogen) atoms. The van der Waals surface area contributed by atoms with Gasteiger partial charge in [-0.3, -0.25) is 19.6 Å². The van der Waals surface area contributed by atoms with Crippen molar-refractivity contribution in [3.63, 3.8) is 0 Å². The van der Waals surface area contributed by atoms with Gasteiger partial charge in [-0.1, -0.05) is 6.07 Å². The number of allylic oxidation sites excluding steroid dienone is 1. The normalized spacial score (nSPS) is 20.6. The van der Waals surface area contributed by atoms with E-state index in [1.165, 1.54) is 0 Å². The number of pyridine rings is 1. The van der Waals surface area contributed by atoms with Crippen LogP contribution in [0.1, 0.15) is 27.2 Å². The molecule has 0 radical (unpaired) electrons. The van der Waals surface area contributed by atoms with Crippen LogP contribution in [0.2, 0.25) is 0 Å². The van der Waals surface area contributed by atoms with E-state index in [1.54, 1.807) is 12.3 Å². The number of rotatable bonds is 4. The van der Waals surface area contributed by atoms with Crippen molar-refractivity contribution in [1.29, 1.82) is 0 Å². The summed E-state index contributed by atoms with van der Waals surface area (Å²) in [6, 6.07) is 7.54. The Morgan fingerprint density at radius 2 is 2.00 bits per heavy atom. The quantitative estimate of drug-likeness (QED) is 0.722. The first kappa shape index (κ1) is 19.2. The maximum absolute atomic E-state index is 13.0. The van der Waals surface area contributed by atoms with Gasteiger partial charge >= 0.3 is 0 Å². The Labute approximate surface area is 175 Å². The predicted molar refractivity (Wildman–Crippen MR) is 112 cm³/mol. The predicted octanol–water partition coefficient (Wildman–Crippen LogP) is 2.49. The highest BCUT2D eigenvalue weighted by atomic mass is 16.5. The highest BCUT2D eigenvalue weighted by Gasteiger charge is 2.35. The van der Waals surface area contributed by atoms with Gasteiger partial charge in [0, 0.05) is 45.0 Å². The van der Waals surface area contributed by atoms with Crippen LogP contribution in [0.3, 0.4) is 0 Å². The summed E-state index contributed by atoms with van der Waals surface area (Å²) >= 11 is 0. The van der Waals surface area contributed by atoms with Crippen LogP contribution in [0.5, 0.6) is 11.5 Å². The first-order valence-corrected chi connectivity index (χ1v) is 10.4. The maximum atomic E-state index is 13.0. The lowest BCUT2D eigenvalue weighted by Crippen LogP contribution is -2.43. The van der Waals surface area contributed by atoms with Gasteiger partial charge in [0.2, 0.25) is 5.78 Å². The fraction of sp³-hybridized carbons (Fsp3) is 0.391. The van der Waals surface area contributed by atoms with Crippen LogP contribution in [0.25, 0.3) is 6.08 Å². The highest BCUT2D eigenvalue weighted by molar-refractivity contribution is 6.15. The Morgan fingerprint density at radius 1 is 1.17 bits per heavy atom. The van der Waals surface area contributed by atoms with Crippen molar-refractivity contribution in [2.75, 3.05) is 46.1 Å². The van der Waals surface area contributed by atoms with E-state index in [-0.39, 0.29) is 5.78 Å². The lowest BCUT2D eigenvalue weighted by Gasteiger charge is -2.33. The van der Waals surface area contributed by atoms with Crippen LogP contribution in [0.15, 0.2) is 36.2 Å². The molecule has 3 aliphatic heterocycles. The molecule has 1 fully saturated rings. The molecule has 0 bridgehead atoms. The van der Waals surface area contributed by atoms with Crippen LogP contribution in [-0.4, -0.2) is 66.7 Å². The summed E-state index contributed by atoms with van der Waals surface area (Å²) in [6.07, 6.45) is 3.40. The van der Waals surface area contributed by atoms with Gasteiger partial charge < -0.3 is 14.2 Å². The number of aromatic nitrogens is 1. The van der Waals surface area contributed by atoms with Crippen LogP contribution >= 0.6 is 0 Å². The molecule has 3 aliphatic rings. The molecule has 0 atom stereocenters. The van der Waals surface area contributed by atoms with E-state index < -0.39 is 0 Å². The third-order valence-electron chi connectivity index (χ3n) is 5.79. The van der Waals surface area contributed by atoms with Crippen molar-refractivity contribution in [3.05, 3.63) is 58.6 Å². The van der Waals surface area contributed by atoms with E-state index in [0.717, 1.165) is 56.3 Å². The summed E-state index contributed by atoms with van der Waals surface area (Å²) in [5, 5.41) is 0. The fourth-order valence-corrected chi connectivity index (χ4v) is 4.12. The molecule has 4 heterocycles. The van der Waals surface area contributed by atoms with Crippen molar-refractivity contribution in [2.45, 2.75) is 13.5 Å². The van der Waals surface area contributed by atoms with E-state index in [2.05, 4.69) is 14.8 Å². The number of morpholine rings is 1. The summed E-state index contributed by atoms with van der Waals surface area (Å²) < 4.78 is 17.5. The Kier molecular flexibility index (Phi) is 5.25. The second-order valence-electron chi connectivity index (χ2n) is 7.85. The fourth-order valence-electron chi connectivity index (χ4n) is 4.12. The molecule has 2 aromatic rings. The molecule has 5 rings (SSSR count). The third-order valence-corrected chi connectivity index (χ3v) is 5.79. The minimum Gasteiger partial charge on any atom is -0.478 e. The van der Waals surface area contributed by atoms with E-state index in [4.69, 9.17) is 14.2 Å². The molecule has 0 amide bonds. The van der Waals surface area contributed by atoms with E-state index >= 15 is 0 Å². The number of benzene rings is 1. The molecule has 1 aromatic carbocycles. The molecule has 0 aliphatic carbocycles. The van der Waals surface area contributed by atoms with Crippen LogP contribution in [0, 0.1) is 6.92 Å². The summed E-state index contributed by atoms with van der Waals surface area (Å²) in [5.41, 5.74) is 3.15. The van der Waals surface area contributed by atoms with E-state index in [1.807, 2.05) is 31.2 Å². The molecule has 1 aromatic heterocycles. The van der Waals surface area contributed by atoms with Gasteiger partial charge in [0.1, 0.15) is 18.2 Å². The molecule has 0 saturated carbocycles. The largest absolute Gasteiger partial charge is 0.478 e. The van der Waals surface area contributed by atoms with E-state index in [0.29, 0.717) is 36.0 Å². The molecule has 1 saturated heterocycles. The number of Topliss-reactive ketones (excluding diaryl/α,β-unsaturated/α-hetero) is 1. The van der Waals surface area contributed by atoms with Gasteiger partial charge in [-0.25, -0.2) is 0 Å². The molecule has 0 N–H and O–H groups in total. The standard InChI is InChI=1S/C23H25N3O4/c1-16-12-19-18(14-26(15-29-19)7-6-25-8-10-28-11-9-25)23-21(16)22(27)20(30-23)13-17-4-2-3-5-24-17/h2-5,12-13H,6-11,14-15H2,1H3/b20-13-. The Balaban J connectivity index is 1.37. The van der Waals surface area contributed by atoms with Gasteiger partial charge in [-0.15, -0.1) is 0 Å². The third kappa shape index (κ3) is 3.71. The summed E-state index contributed by atoms with van der Waals surface area (Å²) in [4.78, 5) is 22.0. The van der Waals surface area contributed by atoms with Crippen molar-refractivity contribution in [1.82, 2.24) is 14.8 Å². The lowest BCUT2D eigenvalue weighted by atomic mass is 9.99. The number of ether oxygens (including phenoxy) is 3. The van der Waals surface area contributed by atoms with Crippen molar-refractivity contribution < 1.29 is 19.0 Å². The second kappa shape index (κ2) is 8.18. The number of aryl methyl sites for hydroxylation is 1. The minimum atomic E-state index is -0.0959. The average molecular weight is 407 g/mol. The maximum Gasteiger partial charge on any atom is 0.232 e. The number of hydrogen-bond acceptors (Lipinski definition) is 7. The summed E-state index contributed by atoms with van der Waals surface area (Å²) in [7, 11) is 0. The first-order valence-electron chi connectivity index (χ1n) is 10.4. The minimum absolute atomic E-state index is 0.0959. The average Bonchev–Trinajstić information content (AvgIpc) is 3.11. The SMILES string of the molecule is Cc1cc2c(c3c1C(=O)/C(=C/c1ccccn1)O3)CN(CCN1CCOCC1)CO2. The number of nitrogens with zero attached hydrogens (tertiary/aromatic N) is 3. The van der Waals surface area contributed by atoms with Crippen LogP contribution in [-0.2, 0) is 11.3 Å². The highest BCUT2D eigenvalue weighted by Crippen LogP contribution is 2.43. The summed E-state index contributed by atoms with van der Waals surface area (Å²) in [6.45, 7) is 8.58. The number of carbonyl (C=O) groups is 1. The molecule has 7 heteroatoms. The molecule has 0 spiro atoms. The van der Waals surface area contributed by atoms with Crippen molar-refractivity contribution in [3.8, 4) is 11.5 Å². The first-order chi connectivity index (χ1) is 14.7. The smallest absolute Gasteiger partial charge is 0.232 e. The zero-order valence-corrected chi connectivity index (χ0v) is 17.1. The molecule has 7 nitrogen and oxygen atoms in total. The Hall–Kier alpha value is -2.74. The lowest BCUT2D eigenvalue weighted by molar-refractivity contribution is 0.0239. The van der Waals surface area contributed by atoms with Gasteiger partial charge in [0.05, 0.1) is 30.0 Å². The van der Waals surface area contributed by atoms with Crippen LogP contribution < -0.4 is 9.47 Å². The summed E-state index contributed by atoms with van der Waals surface area (Å²) in [5.74, 6) is 1.65. The number of fused-ring (bicyclic) bond motifs is 3. The van der Waals surface area contributed by atoms with Crippen molar-refractivity contribution >= 4 is 11.9 Å². The molecular weight excluding hydrogens is 382 g/mol. The van der Waals surface area contributed by atoms with E-state index in [9.17, 15) is 4.79 Å². The Morgan fingerprint density at radius 3 is 2.80 bits per heavy atom. The van der Waals surface area contributed by atoms with Gasteiger partial charge in [-0.05, 0) is 30.7 Å². The van der Waals surface area contributed by atoms with Gasteiger partial charge in [-0.2, -0.15) is 0 Å². The zero-order valence-electron chi connectivity index (χ0n) is 17.1. The number of ketones is 1. The molecule has 156 valence electrons. The zero-order chi connectivity index (χ0) is 20.5. The second-order valence-corrected chi connectivity index (χ2v) is 7.85. The van der Waals surface area contributed by atoms with Crippen LogP contribution in [0.4, 0.5) is 0 Å². The van der Waals surface area contributed by atoms with Gasteiger partial charge in [0.25, 0.3) is 0 Å². The molecule has 0 unspecified atom stereocenters. The topological polar surface area (TPSA) is 64.1 Å². The Bertz CT molecular complexity index is 984. The molecular formula is C23H25N3O4. The number of carbonyl (C=O) groups excluding carboxylic acids is 1. The van der Waals surface area contributed by atoms with Gasteiger partial charge in [0.15, 0.2) is 5.76 Å².